The molecule has 2 N–H and O–H groups in total. The molecule has 0 spiro atoms. The zero-order valence-corrected chi connectivity index (χ0v) is 12.4. The molecule has 1 aromatic heterocycles. The zero-order chi connectivity index (χ0) is 14.8. The van der Waals surface area contributed by atoms with E-state index in [9.17, 15) is 8.42 Å². The molecular weight excluding hydrogens is 302 g/mol. The first-order valence-electron chi connectivity index (χ1n) is 5.95. The number of halogens is 1. The molecule has 0 bridgehead atoms. The van der Waals surface area contributed by atoms with Crippen LogP contribution in [0.1, 0.15) is 6.92 Å². The Bertz CT molecular complexity index is 713. The predicted octanol–water partition coefficient (Wildman–Crippen LogP) is 1.01. The van der Waals surface area contributed by atoms with Crippen LogP contribution in [-0.4, -0.2) is 40.1 Å². The molecule has 0 atom stereocenters. The van der Waals surface area contributed by atoms with Crippen molar-refractivity contribution in [1.29, 1.82) is 0 Å². The Morgan fingerprint density at radius 2 is 2.15 bits per heavy atom. The highest BCUT2D eigenvalue weighted by Crippen LogP contribution is 2.26. The zero-order valence-electron chi connectivity index (χ0n) is 10.8. The maximum Gasteiger partial charge on any atom is 0.184 e. The lowest BCUT2D eigenvalue weighted by Gasteiger charge is -2.07. The summed E-state index contributed by atoms with van der Waals surface area (Å²) < 4.78 is 24.5. The Labute approximate surface area is 121 Å². The van der Waals surface area contributed by atoms with Crippen molar-refractivity contribution in [2.75, 3.05) is 17.2 Å². The minimum absolute atomic E-state index is 0.0188. The Hall–Kier alpha value is -1.67. The number of anilines is 1. The lowest BCUT2D eigenvalue weighted by molar-refractivity contribution is 0.577. The third-order valence-corrected chi connectivity index (χ3v) is 4.76. The molecule has 0 unspecified atom stereocenters. The monoisotopic (exact) mass is 315 g/mol. The first-order valence-corrected chi connectivity index (χ1v) is 8.15. The van der Waals surface area contributed by atoms with E-state index in [4.69, 9.17) is 17.3 Å². The molecule has 108 valence electrons. The number of rotatable bonds is 5. The third-order valence-electron chi connectivity index (χ3n) is 2.84. The lowest BCUT2D eigenvalue weighted by Crippen LogP contribution is -2.16. The van der Waals surface area contributed by atoms with Crippen molar-refractivity contribution in [2.24, 2.45) is 0 Å². The van der Waals surface area contributed by atoms with E-state index in [2.05, 4.69) is 15.5 Å². The minimum Gasteiger partial charge on any atom is -0.398 e. The van der Waals surface area contributed by atoms with Gasteiger partial charge in [0.15, 0.2) is 15.7 Å². The summed E-state index contributed by atoms with van der Waals surface area (Å²) in [6.07, 6.45) is 0. The average molecular weight is 316 g/mol. The fourth-order valence-corrected chi connectivity index (χ4v) is 2.58. The maximum atomic E-state index is 11.5. The molecule has 0 saturated carbocycles. The Morgan fingerprint density at radius 1 is 1.40 bits per heavy atom. The fraction of sp³-hybridized carbons (Fsp3) is 0.364. The molecule has 0 saturated heterocycles. The fourth-order valence-electron chi connectivity index (χ4n) is 1.66. The molecule has 0 radical (unpaired) electrons. The summed E-state index contributed by atoms with van der Waals surface area (Å²) in [5.41, 5.74) is 6.93. The smallest absolute Gasteiger partial charge is 0.184 e. The Balaban J connectivity index is 2.29. The molecule has 0 aliphatic carbocycles. The molecule has 0 amide bonds. The number of aryl methyl sites for hydroxylation is 1. The molecule has 2 rings (SSSR count). The number of nitrogen functional groups attached to an aromatic ring is 1. The van der Waals surface area contributed by atoms with Gasteiger partial charge < -0.3 is 5.73 Å². The van der Waals surface area contributed by atoms with E-state index in [0.29, 0.717) is 22.1 Å². The number of tetrazole rings is 1. The van der Waals surface area contributed by atoms with E-state index in [1.807, 2.05) is 0 Å². The molecule has 20 heavy (non-hydrogen) atoms. The highest BCUT2D eigenvalue weighted by molar-refractivity contribution is 7.91. The van der Waals surface area contributed by atoms with E-state index >= 15 is 0 Å². The number of hydrogen-bond donors (Lipinski definition) is 1. The molecule has 1 aromatic carbocycles. The van der Waals surface area contributed by atoms with Crippen molar-refractivity contribution >= 4 is 27.1 Å². The first-order chi connectivity index (χ1) is 9.43. The van der Waals surface area contributed by atoms with E-state index in [1.54, 1.807) is 25.1 Å². The van der Waals surface area contributed by atoms with Gasteiger partial charge >= 0.3 is 0 Å². The van der Waals surface area contributed by atoms with Crippen LogP contribution in [0.5, 0.6) is 0 Å². The van der Waals surface area contributed by atoms with Crippen LogP contribution in [-0.2, 0) is 16.4 Å². The summed E-state index contributed by atoms with van der Waals surface area (Å²) in [5.74, 6) is 0.494. The van der Waals surface area contributed by atoms with Crippen LogP contribution in [0.25, 0.3) is 11.4 Å². The van der Waals surface area contributed by atoms with Crippen molar-refractivity contribution in [2.45, 2.75) is 13.5 Å². The van der Waals surface area contributed by atoms with Crippen LogP contribution in [0, 0.1) is 0 Å². The van der Waals surface area contributed by atoms with Crippen LogP contribution in [0.2, 0.25) is 5.02 Å². The van der Waals surface area contributed by atoms with Crippen molar-refractivity contribution < 1.29 is 8.42 Å². The number of sulfone groups is 1. The van der Waals surface area contributed by atoms with Gasteiger partial charge in [-0.3, -0.25) is 0 Å². The summed E-state index contributed by atoms with van der Waals surface area (Å²) >= 11 is 5.84. The molecular formula is C11H14ClN5O2S. The van der Waals surface area contributed by atoms with Gasteiger partial charge in [0, 0.05) is 22.0 Å². The SMILES string of the molecule is CCS(=O)(=O)CCn1nnnc1-c1ccc(Cl)cc1N. The highest BCUT2D eigenvalue weighted by Gasteiger charge is 2.15. The van der Waals surface area contributed by atoms with Gasteiger partial charge in [0.05, 0.1) is 12.3 Å². The topological polar surface area (TPSA) is 104 Å². The van der Waals surface area contributed by atoms with Gasteiger partial charge in [-0.1, -0.05) is 18.5 Å². The number of aromatic nitrogens is 4. The van der Waals surface area contributed by atoms with Gasteiger partial charge in [0.25, 0.3) is 0 Å². The van der Waals surface area contributed by atoms with E-state index in [0.717, 1.165) is 0 Å². The molecule has 0 aliphatic heterocycles. The van der Waals surface area contributed by atoms with Gasteiger partial charge in [0.2, 0.25) is 0 Å². The summed E-state index contributed by atoms with van der Waals surface area (Å²) in [6, 6.07) is 4.97. The van der Waals surface area contributed by atoms with Crippen LogP contribution in [0.3, 0.4) is 0 Å². The predicted molar refractivity (Wildman–Crippen MR) is 77.0 cm³/mol. The number of benzene rings is 1. The largest absolute Gasteiger partial charge is 0.398 e. The van der Waals surface area contributed by atoms with Crippen LogP contribution in [0.15, 0.2) is 18.2 Å². The molecule has 2 aromatic rings. The summed E-state index contributed by atoms with van der Waals surface area (Å²) in [6.45, 7) is 1.79. The minimum atomic E-state index is -3.08. The summed E-state index contributed by atoms with van der Waals surface area (Å²) in [5, 5.41) is 11.8. The van der Waals surface area contributed by atoms with Crippen molar-refractivity contribution in [3.63, 3.8) is 0 Å². The number of nitrogens with two attached hydrogens (primary N) is 1. The van der Waals surface area contributed by atoms with Gasteiger partial charge in [-0.05, 0) is 28.6 Å². The molecule has 1 heterocycles. The molecule has 0 aliphatic rings. The Morgan fingerprint density at radius 3 is 2.80 bits per heavy atom. The first kappa shape index (κ1) is 14.7. The number of hydrogen-bond acceptors (Lipinski definition) is 6. The van der Waals surface area contributed by atoms with Gasteiger partial charge in [-0.25, -0.2) is 13.1 Å². The van der Waals surface area contributed by atoms with Crippen LogP contribution in [0.4, 0.5) is 5.69 Å². The standard InChI is InChI=1S/C11H14ClN5O2S/c1-2-20(18,19)6-5-17-11(14-15-16-17)9-4-3-8(12)7-10(9)13/h3-4,7H,2,5-6,13H2,1H3. The van der Waals surface area contributed by atoms with Crippen molar-refractivity contribution in [3.8, 4) is 11.4 Å². The van der Waals surface area contributed by atoms with Gasteiger partial charge in [0.1, 0.15) is 0 Å². The second-order valence-corrected chi connectivity index (χ2v) is 7.10. The molecule has 0 fully saturated rings. The molecule has 9 heteroatoms. The molecule has 7 nitrogen and oxygen atoms in total. The van der Waals surface area contributed by atoms with Crippen LogP contribution >= 0.6 is 11.6 Å². The van der Waals surface area contributed by atoms with E-state index < -0.39 is 9.84 Å². The van der Waals surface area contributed by atoms with Gasteiger partial charge in [-0.2, -0.15) is 0 Å². The van der Waals surface area contributed by atoms with Crippen molar-refractivity contribution in [1.82, 2.24) is 20.2 Å². The number of nitrogens with zero attached hydrogens (tertiary/aromatic N) is 4. The highest BCUT2D eigenvalue weighted by atomic mass is 35.5. The third kappa shape index (κ3) is 3.26. The van der Waals surface area contributed by atoms with Crippen molar-refractivity contribution in [3.05, 3.63) is 23.2 Å². The second kappa shape index (κ2) is 5.76. The summed E-state index contributed by atoms with van der Waals surface area (Å²) in [7, 11) is -3.08. The van der Waals surface area contributed by atoms with E-state index in [1.165, 1.54) is 4.68 Å². The maximum absolute atomic E-state index is 11.5. The van der Waals surface area contributed by atoms with Crippen LogP contribution < -0.4 is 5.73 Å². The normalized spacial score (nSPS) is 11.7. The quantitative estimate of drug-likeness (QED) is 0.826. The summed E-state index contributed by atoms with van der Waals surface area (Å²) in [4.78, 5) is 0. The Kier molecular flexibility index (Phi) is 4.24. The second-order valence-electron chi connectivity index (χ2n) is 4.19. The van der Waals surface area contributed by atoms with E-state index in [-0.39, 0.29) is 18.1 Å². The lowest BCUT2D eigenvalue weighted by atomic mass is 10.1. The van der Waals surface area contributed by atoms with Gasteiger partial charge in [-0.15, -0.1) is 5.10 Å². The average Bonchev–Trinajstić information content (AvgIpc) is 2.85.